The lowest BCUT2D eigenvalue weighted by Crippen LogP contribution is -2.49. The maximum atomic E-state index is 12.8. The largest absolute Gasteiger partial charge is 0.480 e. The number of carbonyl (C=O) groups is 2. The first-order valence-electron chi connectivity index (χ1n) is 12.3. The van der Waals surface area contributed by atoms with Crippen molar-refractivity contribution in [3.05, 3.63) is 23.4 Å². The second-order valence-electron chi connectivity index (χ2n) is 8.48. The molecule has 0 saturated heterocycles. The van der Waals surface area contributed by atoms with Gasteiger partial charge in [-0.1, -0.05) is 6.07 Å². The third-order valence-electron chi connectivity index (χ3n) is 6.10. The minimum absolute atomic E-state index is 0.284. The van der Waals surface area contributed by atoms with Gasteiger partial charge in [0.25, 0.3) is 0 Å². The molecule has 2 amide bonds. The summed E-state index contributed by atoms with van der Waals surface area (Å²) in [5.74, 6) is -0.0390. The van der Waals surface area contributed by atoms with Crippen LogP contribution in [0.5, 0.6) is 0 Å². The van der Waals surface area contributed by atoms with Crippen LogP contribution in [0.1, 0.15) is 57.2 Å². The Morgan fingerprint density at radius 1 is 1.18 bits per heavy atom. The quantitative estimate of drug-likeness (QED) is 0.344. The Hall–Kier alpha value is -2.42. The molecule has 0 spiro atoms. The number of urea groups is 1. The van der Waals surface area contributed by atoms with Crippen molar-refractivity contribution >= 4 is 17.8 Å². The Kier molecular flexibility index (Phi) is 11.9. The van der Waals surface area contributed by atoms with E-state index in [0.29, 0.717) is 32.6 Å². The van der Waals surface area contributed by atoms with Crippen molar-refractivity contribution in [2.24, 2.45) is 0 Å². The van der Waals surface area contributed by atoms with Gasteiger partial charge in [-0.15, -0.1) is 0 Å². The molecule has 8 nitrogen and oxygen atoms in total. The second kappa shape index (κ2) is 14.7. The van der Waals surface area contributed by atoms with Crippen LogP contribution in [0.15, 0.2) is 12.1 Å². The number of halogens is 1. The van der Waals surface area contributed by atoms with Gasteiger partial charge in [-0.05, 0) is 77.0 Å². The van der Waals surface area contributed by atoms with Gasteiger partial charge in [-0.3, -0.25) is 4.39 Å². The SMILES string of the molecule is CCN(CC)C(=O)NC(CCN(CCCF)CCCCc1ccc2c(n1)NCCC2)C(=O)O. The molecule has 0 saturated carbocycles. The van der Waals surface area contributed by atoms with Crippen molar-refractivity contribution in [1.82, 2.24) is 20.1 Å². The molecule has 33 heavy (non-hydrogen) atoms. The average molecular weight is 466 g/mol. The second-order valence-corrected chi connectivity index (χ2v) is 8.48. The first-order valence-corrected chi connectivity index (χ1v) is 12.3. The molecule has 2 heterocycles. The molecule has 1 aliphatic heterocycles. The number of rotatable bonds is 15. The highest BCUT2D eigenvalue weighted by Gasteiger charge is 2.23. The van der Waals surface area contributed by atoms with Crippen molar-refractivity contribution in [2.45, 2.75) is 64.8 Å². The Bertz CT molecular complexity index is 745. The molecular formula is C24H40FN5O3. The predicted octanol–water partition coefficient (Wildman–Crippen LogP) is 3.32. The lowest BCUT2D eigenvalue weighted by molar-refractivity contribution is -0.139. The number of aromatic nitrogens is 1. The summed E-state index contributed by atoms with van der Waals surface area (Å²) >= 11 is 0. The van der Waals surface area contributed by atoms with Crippen molar-refractivity contribution in [3.63, 3.8) is 0 Å². The zero-order valence-electron chi connectivity index (χ0n) is 20.1. The summed E-state index contributed by atoms with van der Waals surface area (Å²) in [7, 11) is 0. The number of pyridine rings is 1. The average Bonchev–Trinajstić information content (AvgIpc) is 2.82. The van der Waals surface area contributed by atoms with E-state index in [-0.39, 0.29) is 12.5 Å². The Morgan fingerprint density at radius 3 is 2.64 bits per heavy atom. The number of alkyl halides is 1. The minimum Gasteiger partial charge on any atom is -0.480 e. The maximum Gasteiger partial charge on any atom is 0.326 e. The van der Waals surface area contributed by atoms with E-state index in [4.69, 9.17) is 4.98 Å². The first-order chi connectivity index (χ1) is 16.0. The predicted molar refractivity (Wildman–Crippen MR) is 129 cm³/mol. The number of aliphatic carboxylic acids is 1. The van der Waals surface area contributed by atoms with Crippen LogP contribution >= 0.6 is 0 Å². The normalized spacial score (nSPS) is 13.8. The van der Waals surface area contributed by atoms with Crippen LogP contribution in [0.4, 0.5) is 15.0 Å². The molecule has 1 aliphatic rings. The molecule has 2 rings (SSSR count). The number of hydrogen-bond donors (Lipinski definition) is 3. The summed E-state index contributed by atoms with van der Waals surface area (Å²) in [6, 6.07) is 2.94. The van der Waals surface area contributed by atoms with Crippen molar-refractivity contribution in [1.29, 1.82) is 0 Å². The summed E-state index contributed by atoms with van der Waals surface area (Å²) in [6.45, 7) is 7.16. The van der Waals surface area contributed by atoms with Gasteiger partial charge in [0.05, 0.1) is 6.67 Å². The number of carbonyl (C=O) groups excluding carboxylic acids is 1. The highest BCUT2D eigenvalue weighted by atomic mass is 19.1. The van der Waals surface area contributed by atoms with Crippen LogP contribution in [0.3, 0.4) is 0 Å². The third-order valence-corrected chi connectivity index (χ3v) is 6.10. The zero-order chi connectivity index (χ0) is 24.1. The standard InChI is InChI=1S/C24H40FN5O3/c1-3-30(4-2)24(33)28-21(23(31)32)13-18-29(17-8-14-25)16-6-5-10-20-12-11-19-9-7-15-26-22(19)27-20/h11-12,21H,3-10,13-18H2,1-2H3,(H,26,27)(H,28,33)(H,31,32). The van der Waals surface area contributed by atoms with Gasteiger partial charge >= 0.3 is 12.0 Å². The highest BCUT2D eigenvalue weighted by molar-refractivity contribution is 5.82. The van der Waals surface area contributed by atoms with Gasteiger partial charge in [0.1, 0.15) is 11.9 Å². The molecular weight excluding hydrogens is 425 g/mol. The van der Waals surface area contributed by atoms with Gasteiger partial charge < -0.3 is 25.5 Å². The van der Waals surface area contributed by atoms with E-state index < -0.39 is 18.7 Å². The zero-order valence-corrected chi connectivity index (χ0v) is 20.1. The molecule has 1 aromatic rings. The van der Waals surface area contributed by atoms with Gasteiger partial charge in [0.15, 0.2) is 0 Å². The summed E-state index contributed by atoms with van der Waals surface area (Å²) < 4.78 is 12.8. The number of carboxylic acid groups (broad SMARTS) is 1. The number of hydrogen-bond acceptors (Lipinski definition) is 5. The number of nitrogens with one attached hydrogen (secondary N) is 2. The Morgan fingerprint density at radius 2 is 1.94 bits per heavy atom. The van der Waals surface area contributed by atoms with Crippen LogP contribution in [0.25, 0.3) is 0 Å². The Balaban J connectivity index is 1.81. The van der Waals surface area contributed by atoms with E-state index in [9.17, 15) is 19.1 Å². The number of nitrogens with zero attached hydrogens (tertiary/aromatic N) is 3. The molecule has 0 aliphatic carbocycles. The molecule has 0 bridgehead atoms. The number of unbranched alkanes of at least 4 members (excludes halogenated alkanes) is 1. The molecule has 0 radical (unpaired) electrons. The van der Waals surface area contributed by atoms with E-state index in [0.717, 1.165) is 56.7 Å². The lowest BCUT2D eigenvalue weighted by Gasteiger charge is -2.26. The number of anilines is 1. The van der Waals surface area contributed by atoms with E-state index in [1.165, 1.54) is 5.56 Å². The topological polar surface area (TPSA) is 97.8 Å². The summed E-state index contributed by atoms with van der Waals surface area (Å²) in [6.07, 6.45) is 5.68. The van der Waals surface area contributed by atoms with Crippen molar-refractivity contribution < 1.29 is 19.1 Å². The fraction of sp³-hybridized carbons (Fsp3) is 0.708. The molecule has 9 heteroatoms. The summed E-state index contributed by atoms with van der Waals surface area (Å²) in [5, 5.41) is 15.5. The van der Waals surface area contributed by atoms with Crippen LogP contribution in [-0.4, -0.2) is 83.9 Å². The number of fused-ring (bicyclic) bond motifs is 1. The number of carboxylic acids is 1. The van der Waals surface area contributed by atoms with Crippen LogP contribution in [0.2, 0.25) is 0 Å². The van der Waals surface area contributed by atoms with Crippen molar-refractivity contribution in [2.75, 3.05) is 51.3 Å². The Labute approximate surface area is 196 Å². The summed E-state index contributed by atoms with van der Waals surface area (Å²) in [4.78, 5) is 32.3. The molecule has 3 N–H and O–H groups in total. The lowest BCUT2D eigenvalue weighted by atomic mass is 10.1. The highest BCUT2D eigenvalue weighted by Crippen LogP contribution is 2.20. The van der Waals surface area contributed by atoms with Crippen LogP contribution in [0, 0.1) is 0 Å². The molecule has 1 unspecified atom stereocenters. The first kappa shape index (κ1) is 26.8. The molecule has 1 atom stereocenters. The van der Waals surface area contributed by atoms with E-state index in [2.05, 4.69) is 27.7 Å². The van der Waals surface area contributed by atoms with Gasteiger partial charge in [-0.2, -0.15) is 0 Å². The summed E-state index contributed by atoms with van der Waals surface area (Å²) in [5.41, 5.74) is 2.35. The van der Waals surface area contributed by atoms with Gasteiger partial charge in [0.2, 0.25) is 0 Å². The molecule has 0 aromatic carbocycles. The number of amides is 2. The van der Waals surface area contributed by atoms with Crippen molar-refractivity contribution in [3.8, 4) is 0 Å². The van der Waals surface area contributed by atoms with Crippen LogP contribution in [-0.2, 0) is 17.6 Å². The number of aryl methyl sites for hydroxylation is 2. The monoisotopic (exact) mass is 465 g/mol. The van der Waals surface area contributed by atoms with E-state index in [1.54, 1.807) is 4.90 Å². The van der Waals surface area contributed by atoms with Gasteiger partial charge in [-0.25, -0.2) is 14.6 Å². The maximum absolute atomic E-state index is 12.8. The minimum atomic E-state index is -1.05. The molecule has 0 fully saturated rings. The van der Waals surface area contributed by atoms with Crippen LogP contribution < -0.4 is 10.6 Å². The smallest absolute Gasteiger partial charge is 0.326 e. The van der Waals surface area contributed by atoms with Gasteiger partial charge in [0, 0.05) is 38.4 Å². The van der Waals surface area contributed by atoms with E-state index >= 15 is 0 Å². The third kappa shape index (κ3) is 9.15. The van der Waals surface area contributed by atoms with E-state index in [1.807, 2.05) is 13.8 Å². The molecule has 186 valence electrons. The fourth-order valence-electron chi connectivity index (χ4n) is 4.09. The fourth-order valence-corrected chi connectivity index (χ4v) is 4.09. The molecule has 1 aromatic heterocycles.